The molecule has 3 nitrogen and oxygen atoms in total. The molecular weight excluding hydrogens is 403 g/mol. The van der Waals surface area contributed by atoms with E-state index in [1.165, 1.54) is 11.6 Å². The SMILES string of the molecule is CC(C1CCc2cc(OCC(F)(F)F)ccc2C1=O)N1CCC(c2ccccc2)CC1. The number of aryl methyl sites for hydroxylation is 1. The minimum absolute atomic E-state index is 0.0808. The zero-order valence-electron chi connectivity index (χ0n) is 17.7. The number of halogens is 3. The number of nitrogens with zero attached hydrogens (tertiary/aromatic N) is 1. The maximum absolute atomic E-state index is 13.2. The largest absolute Gasteiger partial charge is 0.484 e. The lowest BCUT2D eigenvalue weighted by Crippen LogP contribution is -2.46. The standard InChI is InChI=1S/C25H28F3NO2/c1-17(29-13-11-19(12-14-29)18-5-3-2-4-6-18)22-9-7-20-15-21(31-16-25(26,27)28)8-10-23(20)24(22)30/h2-6,8,10,15,17,19,22H,7,9,11-14,16H2,1H3. The normalized spacial score (nSPS) is 21.5. The van der Waals surface area contributed by atoms with Gasteiger partial charge in [0.05, 0.1) is 0 Å². The highest BCUT2D eigenvalue weighted by Crippen LogP contribution is 2.35. The molecule has 6 heteroatoms. The van der Waals surface area contributed by atoms with E-state index in [9.17, 15) is 18.0 Å². The van der Waals surface area contributed by atoms with Crippen LogP contribution in [0.2, 0.25) is 0 Å². The van der Waals surface area contributed by atoms with Gasteiger partial charge in [-0.1, -0.05) is 30.3 Å². The van der Waals surface area contributed by atoms with Gasteiger partial charge in [-0.2, -0.15) is 13.2 Å². The van der Waals surface area contributed by atoms with Crippen LogP contribution in [0.1, 0.15) is 53.6 Å². The van der Waals surface area contributed by atoms with Crippen LogP contribution in [0.4, 0.5) is 13.2 Å². The summed E-state index contributed by atoms with van der Waals surface area (Å²) in [5.74, 6) is 0.755. The molecule has 0 aromatic heterocycles. The number of carbonyl (C=O) groups excluding carboxylic acids is 1. The van der Waals surface area contributed by atoms with Gasteiger partial charge in [0.15, 0.2) is 12.4 Å². The molecule has 1 heterocycles. The van der Waals surface area contributed by atoms with E-state index in [2.05, 4.69) is 36.1 Å². The number of alkyl halides is 3. The average Bonchev–Trinajstić information content (AvgIpc) is 2.78. The Morgan fingerprint density at radius 1 is 1.06 bits per heavy atom. The molecule has 1 aliphatic heterocycles. The van der Waals surface area contributed by atoms with Crippen LogP contribution in [0.3, 0.4) is 0 Å². The van der Waals surface area contributed by atoms with E-state index in [0.717, 1.165) is 31.5 Å². The van der Waals surface area contributed by atoms with Gasteiger partial charge in [-0.25, -0.2) is 0 Å². The Bertz CT molecular complexity index is 905. The Balaban J connectivity index is 1.38. The predicted octanol–water partition coefficient (Wildman–Crippen LogP) is 5.64. The Hall–Kier alpha value is -2.34. The van der Waals surface area contributed by atoms with Crippen LogP contribution in [-0.2, 0) is 6.42 Å². The summed E-state index contributed by atoms with van der Waals surface area (Å²) < 4.78 is 42.0. The number of fused-ring (bicyclic) bond motifs is 1. The molecular formula is C25H28F3NO2. The first kappa shape index (κ1) is 21.9. The zero-order valence-corrected chi connectivity index (χ0v) is 17.7. The van der Waals surface area contributed by atoms with Crippen LogP contribution >= 0.6 is 0 Å². The van der Waals surface area contributed by atoms with Crippen molar-refractivity contribution in [3.8, 4) is 5.75 Å². The van der Waals surface area contributed by atoms with Gasteiger partial charge in [0.2, 0.25) is 0 Å². The molecule has 0 spiro atoms. The van der Waals surface area contributed by atoms with Crippen LogP contribution < -0.4 is 4.74 Å². The van der Waals surface area contributed by atoms with Crippen molar-refractivity contribution < 1.29 is 22.7 Å². The smallest absolute Gasteiger partial charge is 0.422 e. The van der Waals surface area contributed by atoms with Gasteiger partial charge in [-0.3, -0.25) is 9.69 Å². The van der Waals surface area contributed by atoms with Gasteiger partial charge in [-0.05, 0) is 80.9 Å². The Morgan fingerprint density at radius 2 is 1.77 bits per heavy atom. The zero-order chi connectivity index (χ0) is 22.0. The lowest BCUT2D eigenvalue weighted by Gasteiger charge is -2.40. The average molecular weight is 431 g/mol. The highest BCUT2D eigenvalue weighted by Gasteiger charge is 2.36. The summed E-state index contributed by atoms with van der Waals surface area (Å²) in [6.45, 7) is 2.76. The molecule has 0 bridgehead atoms. The van der Waals surface area contributed by atoms with Crippen molar-refractivity contribution >= 4 is 5.78 Å². The van der Waals surface area contributed by atoms with Crippen LogP contribution in [0.5, 0.6) is 5.75 Å². The molecule has 2 aliphatic rings. The third-order valence-corrected chi connectivity index (χ3v) is 6.76. The van der Waals surface area contributed by atoms with E-state index in [0.29, 0.717) is 24.3 Å². The molecule has 0 amide bonds. The summed E-state index contributed by atoms with van der Waals surface area (Å²) in [7, 11) is 0. The number of ketones is 1. The van der Waals surface area contributed by atoms with Crippen molar-refractivity contribution in [1.29, 1.82) is 0 Å². The fourth-order valence-corrected chi connectivity index (χ4v) is 4.99. The predicted molar refractivity (Wildman–Crippen MR) is 114 cm³/mol. The fourth-order valence-electron chi connectivity index (χ4n) is 4.99. The molecule has 166 valence electrons. The van der Waals surface area contributed by atoms with Gasteiger partial charge < -0.3 is 4.74 Å². The second-order valence-corrected chi connectivity index (χ2v) is 8.69. The number of hydrogen-bond acceptors (Lipinski definition) is 3. The van der Waals surface area contributed by atoms with Gasteiger partial charge in [0, 0.05) is 17.5 Å². The van der Waals surface area contributed by atoms with E-state index in [1.807, 2.05) is 6.07 Å². The number of hydrogen-bond donors (Lipinski definition) is 0. The van der Waals surface area contributed by atoms with Crippen LogP contribution in [0.15, 0.2) is 48.5 Å². The van der Waals surface area contributed by atoms with Crippen molar-refractivity contribution in [3.63, 3.8) is 0 Å². The Morgan fingerprint density at radius 3 is 2.45 bits per heavy atom. The van der Waals surface area contributed by atoms with Crippen LogP contribution in [-0.4, -0.2) is 42.6 Å². The van der Waals surface area contributed by atoms with E-state index in [-0.39, 0.29) is 23.5 Å². The number of likely N-dealkylation sites (tertiary alicyclic amines) is 1. The summed E-state index contributed by atoms with van der Waals surface area (Å²) in [6.07, 6.45) is -0.800. The summed E-state index contributed by atoms with van der Waals surface area (Å²) >= 11 is 0. The van der Waals surface area contributed by atoms with Crippen LogP contribution in [0, 0.1) is 5.92 Å². The van der Waals surface area contributed by atoms with Crippen LogP contribution in [0.25, 0.3) is 0 Å². The maximum Gasteiger partial charge on any atom is 0.422 e. The van der Waals surface area contributed by atoms with E-state index in [1.54, 1.807) is 12.1 Å². The lowest BCUT2D eigenvalue weighted by molar-refractivity contribution is -0.153. The number of carbonyl (C=O) groups is 1. The second-order valence-electron chi connectivity index (χ2n) is 8.69. The first-order chi connectivity index (χ1) is 14.8. The molecule has 4 rings (SSSR count). The summed E-state index contributed by atoms with van der Waals surface area (Å²) in [5.41, 5.74) is 2.80. The topological polar surface area (TPSA) is 29.5 Å². The van der Waals surface area contributed by atoms with Crippen molar-refractivity contribution in [2.45, 2.75) is 50.7 Å². The first-order valence-electron chi connectivity index (χ1n) is 11.0. The molecule has 2 unspecified atom stereocenters. The fraction of sp³-hybridized carbons (Fsp3) is 0.480. The van der Waals surface area contributed by atoms with Crippen molar-refractivity contribution in [1.82, 2.24) is 4.90 Å². The summed E-state index contributed by atoms with van der Waals surface area (Å²) in [6, 6.07) is 15.4. The molecule has 1 saturated heterocycles. The number of ether oxygens (including phenoxy) is 1. The van der Waals surface area contributed by atoms with Crippen molar-refractivity contribution in [3.05, 3.63) is 65.2 Å². The summed E-state index contributed by atoms with van der Waals surface area (Å²) in [4.78, 5) is 15.6. The number of benzene rings is 2. The number of rotatable bonds is 5. The van der Waals surface area contributed by atoms with Crippen molar-refractivity contribution in [2.75, 3.05) is 19.7 Å². The molecule has 2 atom stereocenters. The molecule has 2 aromatic rings. The van der Waals surface area contributed by atoms with Crippen molar-refractivity contribution in [2.24, 2.45) is 5.92 Å². The molecule has 1 aliphatic carbocycles. The Labute approximate surface area is 181 Å². The number of Topliss-reactive ketones (excluding diaryl/α,β-unsaturated/α-hetero) is 1. The van der Waals surface area contributed by atoms with E-state index < -0.39 is 12.8 Å². The Kier molecular flexibility index (Phi) is 6.37. The minimum atomic E-state index is -4.37. The first-order valence-corrected chi connectivity index (χ1v) is 11.0. The van der Waals surface area contributed by atoms with Gasteiger partial charge >= 0.3 is 6.18 Å². The monoisotopic (exact) mass is 431 g/mol. The maximum atomic E-state index is 13.2. The van der Waals surface area contributed by atoms with Gasteiger partial charge in [0.25, 0.3) is 0 Å². The third-order valence-electron chi connectivity index (χ3n) is 6.76. The molecule has 2 aromatic carbocycles. The molecule has 1 fully saturated rings. The quantitative estimate of drug-likeness (QED) is 0.614. The second kappa shape index (κ2) is 9.03. The molecule has 31 heavy (non-hydrogen) atoms. The highest BCUT2D eigenvalue weighted by molar-refractivity contribution is 6.00. The molecule has 0 radical (unpaired) electrons. The third kappa shape index (κ3) is 5.12. The highest BCUT2D eigenvalue weighted by atomic mass is 19.4. The van der Waals surface area contributed by atoms with Gasteiger partial charge in [0.1, 0.15) is 5.75 Å². The summed E-state index contributed by atoms with van der Waals surface area (Å²) in [5, 5.41) is 0. The van der Waals surface area contributed by atoms with Gasteiger partial charge in [-0.15, -0.1) is 0 Å². The minimum Gasteiger partial charge on any atom is -0.484 e. The molecule has 0 N–H and O–H groups in total. The van der Waals surface area contributed by atoms with E-state index in [4.69, 9.17) is 4.74 Å². The lowest BCUT2D eigenvalue weighted by atomic mass is 9.78. The number of piperidine rings is 1. The van der Waals surface area contributed by atoms with E-state index >= 15 is 0 Å². The molecule has 0 saturated carbocycles.